The maximum absolute atomic E-state index is 13.1. The third-order valence-corrected chi connectivity index (χ3v) is 9.20. The van der Waals surface area contributed by atoms with Crippen LogP contribution in [0.25, 0.3) is 0 Å². The van der Waals surface area contributed by atoms with Crippen LogP contribution in [0.15, 0.2) is 47.4 Å². The lowest BCUT2D eigenvalue weighted by Crippen LogP contribution is -2.53. The van der Waals surface area contributed by atoms with E-state index in [1.807, 2.05) is 24.4 Å². The van der Waals surface area contributed by atoms with Crippen molar-refractivity contribution in [2.45, 2.75) is 136 Å². The van der Waals surface area contributed by atoms with Gasteiger partial charge in [-0.15, -0.1) is 0 Å². The number of amides is 1. The number of piperazine rings is 1. The zero-order valence-electron chi connectivity index (χ0n) is 28.6. The number of carbonyl (C=O) groups is 1. The molecule has 1 fully saturated rings. The first-order valence-electron chi connectivity index (χ1n) is 18.0. The number of hydrogen-bond acceptors (Lipinski definition) is 5. The first-order valence-corrected chi connectivity index (χ1v) is 18.0. The highest BCUT2D eigenvalue weighted by molar-refractivity contribution is 5.67. The number of ether oxygens (including phenoxy) is 2. The van der Waals surface area contributed by atoms with Gasteiger partial charge in [0.05, 0.1) is 19.9 Å². The van der Waals surface area contributed by atoms with Crippen LogP contribution in [0.1, 0.15) is 128 Å². The van der Waals surface area contributed by atoms with Crippen molar-refractivity contribution in [3.63, 3.8) is 0 Å². The van der Waals surface area contributed by atoms with Gasteiger partial charge in [0.2, 0.25) is 5.43 Å². The van der Waals surface area contributed by atoms with E-state index in [9.17, 15) is 9.59 Å². The topological polar surface area (TPSA) is 64.0 Å². The van der Waals surface area contributed by atoms with Gasteiger partial charge in [0.25, 0.3) is 0 Å². The Morgan fingerprint density at radius 1 is 0.800 bits per heavy atom. The number of unbranched alkanes of at least 4 members (excludes halogenated alkanes) is 15. The highest BCUT2D eigenvalue weighted by Gasteiger charge is 2.28. The Morgan fingerprint density at radius 3 is 1.93 bits per heavy atom. The molecule has 1 atom stereocenters. The summed E-state index contributed by atoms with van der Waals surface area (Å²) in [6.45, 7) is 8.23. The molecule has 1 amide bonds. The van der Waals surface area contributed by atoms with E-state index in [-0.39, 0.29) is 17.6 Å². The number of carbonyl (C=O) groups excluding carboxylic acids is 1. The lowest BCUT2D eigenvalue weighted by atomic mass is 10.0. The summed E-state index contributed by atoms with van der Waals surface area (Å²) in [5, 5.41) is 0. The molecule has 7 heteroatoms. The van der Waals surface area contributed by atoms with Crippen molar-refractivity contribution in [3.05, 3.63) is 64.1 Å². The molecule has 1 saturated heterocycles. The molecule has 2 heterocycles. The van der Waals surface area contributed by atoms with Crippen molar-refractivity contribution in [1.29, 1.82) is 0 Å². The molecule has 1 aromatic heterocycles. The average Bonchev–Trinajstić information content (AvgIpc) is 3.05. The fourth-order valence-corrected chi connectivity index (χ4v) is 6.33. The number of nitrogens with zero attached hydrogens (tertiary/aromatic N) is 3. The quantitative estimate of drug-likeness (QED) is 0.123. The maximum atomic E-state index is 13.1. The minimum atomic E-state index is -0.284. The largest absolute Gasteiger partial charge is 0.488 e. The third kappa shape index (κ3) is 14.0. The fraction of sp³-hybridized carbons (Fsp3) is 0.684. The SMILES string of the molecule is CCCCCCCCCCCCCCCCCCOc1cn(Cc2ccccc2)c(CN2CCN(C(=O)OC)CC2C)cc1=O. The highest BCUT2D eigenvalue weighted by atomic mass is 16.5. The van der Waals surface area contributed by atoms with Crippen molar-refractivity contribution in [2.24, 2.45) is 0 Å². The minimum Gasteiger partial charge on any atom is -0.488 e. The van der Waals surface area contributed by atoms with Crippen LogP contribution in [-0.2, 0) is 17.8 Å². The Bertz CT molecular complexity index is 1140. The summed E-state index contributed by atoms with van der Waals surface area (Å²) in [6, 6.07) is 12.2. The van der Waals surface area contributed by atoms with Crippen molar-refractivity contribution in [3.8, 4) is 5.75 Å². The van der Waals surface area contributed by atoms with Gasteiger partial charge in [-0.1, -0.05) is 134 Å². The van der Waals surface area contributed by atoms with E-state index in [0.29, 0.717) is 38.5 Å². The summed E-state index contributed by atoms with van der Waals surface area (Å²) in [7, 11) is 1.42. The second-order valence-electron chi connectivity index (χ2n) is 13.0. The molecule has 1 unspecified atom stereocenters. The average molecular weight is 624 g/mol. The Balaban J connectivity index is 1.38. The molecule has 45 heavy (non-hydrogen) atoms. The van der Waals surface area contributed by atoms with E-state index >= 15 is 0 Å². The molecule has 0 aliphatic carbocycles. The van der Waals surface area contributed by atoms with Gasteiger partial charge in [0.15, 0.2) is 5.75 Å². The summed E-state index contributed by atoms with van der Waals surface area (Å²) >= 11 is 0. The zero-order valence-corrected chi connectivity index (χ0v) is 28.6. The number of aromatic nitrogens is 1. The summed E-state index contributed by atoms with van der Waals surface area (Å²) in [6.07, 6.45) is 23.0. The number of methoxy groups -OCH3 is 1. The Morgan fingerprint density at radius 2 is 1.38 bits per heavy atom. The lowest BCUT2D eigenvalue weighted by Gasteiger charge is -2.39. The maximum Gasteiger partial charge on any atom is 0.409 e. The first kappa shape index (κ1) is 36.7. The Labute approximate surface area is 273 Å². The number of rotatable bonds is 22. The van der Waals surface area contributed by atoms with Crippen LogP contribution >= 0.6 is 0 Å². The molecule has 0 saturated carbocycles. The van der Waals surface area contributed by atoms with Crippen molar-refractivity contribution in [1.82, 2.24) is 14.4 Å². The molecule has 1 aliphatic heterocycles. The summed E-state index contributed by atoms with van der Waals surface area (Å²) in [5.41, 5.74) is 2.07. The molecule has 0 bridgehead atoms. The van der Waals surface area contributed by atoms with Gasteiger partial charge in [0, 0.05) is 50.5 Å². The van der Waals surface area contributed by atoms with Crippen molar-refractivity contribution >= 4 is 6.09 Å². The van der Waals surface area contributed by atoms with Crippen LogP contribution in [0, 0.1) is 0 Å². The second kappa shape index (κ2) is 21.9. The van der Waals surface area contributed by atoms with E-state index in [1.54, 1.807) is 11.0 Å². The molecule has 0 spiro atoms. The number of benzene rings is 1. The van der Waals surface area contributed by atoms with Crippen molar-refractivity contribution < 1.29 is 14.3 Å². The Kier molecular flexibility index (Phi) is 17.8. The second-order valence-corrected chi connectivity index (χ2v) is 13.0. The monoisotopic (exact) mass is 623 g/mol. The molecule has 2 aromatic rings. The highest BCUT2D eigenvalue weighted by Crippen LogP contribution is 2.18. The third-order valence-electron chi connectivity index (χ3n) is 9.20. The van der Waals surface area contributed by atoms with Crippen LogP contribution in [0.3, 0.4) is 0 Å². The number of pyridine rings is 1. The summed E-state index contributed by atoms with van der Waals surface area (Å²) in [4.78, 5) is 29.2. The summed E-state index contributed by atoms with van der Waals surface area (Å²) in [5.74, 6) is 0.430. The van der Waals surface area contributed by atoms with Gasteiger partial charge in [-0.05, 0) is 18.9 Å². The number of hydrogen-bond donors (Lipinski definition) is 0. The molecular weight excluding hydrogens is 562 g/mol. The molecule has 1 aromatic carbocycles. The van der Waals surface area contributed by atoms with Crippen LogP contribution in [0.4, 0.5) is 4.79 Å². The molecule has 7 nitrogen and oxygen atoms in total. The van der Waals surface area contributed by atoms with E-state index in [4.69, 9.17) is 9.47 Å². The fourth-order valence-electron chi connectivity index (χ4n) is 6.33. The zero-order chi connectivity index (χ0) is 32.1. The standard InChI is InChI=1S/C38H61N3O4/c1-4-5-6-7-8-9-10-11-12-13-14-15-16-17-18-22-27-45-37-32-41(30-34-23-20-19-21-24-34)35(28-36(37)42)31-39-25-26-40(29-33(39)2)38(43)44-3/h19-21,23-24,28,32-33H,4-18,22,25-27,29-31H2,1-3H3. The van der Waals surface area contributed by atoms with Gasteiger partial charge < -0.3 is 18.9 Å². The van der Waals surface area contributed by atoms with E-state index < -0.39 is 0 Å². The predicted octanol–water partition coefficient (Wildman–Crippen LogP) is 8.81. The smallest absolute Gasteiger partial charge is 0.409 e. The van der Waals surface area contributed by atoms with Gasteiger partial charge in [-0.3, -0.25) is 9.69 Å². The summed E-state index contributed by atoms with van der Waals surface area (Å²) < 4.78 is 13.1. The normalized spacial score (nSPS) is 15.4. The van der Waals surface area contributed by atoms with Crippen LogP contribution in [-0.4, -0.2) is 59.9 Å². The van der Waals surface area contributed by atoms with Gasteiger partial charge in [-0.2, -0.15) is 0 Å². The molecule has 3 rings (SSSR count). The van der Waals surface area contributed by atoms with E-state index in [1.165, 1.54) is 103 Å². The van der Waals surface area contributed by atoms with Gasteiger partial charge >= 0.3 is 6.09 Å². The van der Waals surface area contributed by atoms with Gasteiger partial charge in [-0.25, -0.2) is 4.79 Å². The van der Waals surface area contributed by atoms with Crippen molar-refractivity contribution in [2.75, 3.05) is 33.4 Å². The molecule has 1 aliphatic rings. The van der Waals surface area contributed by atoms with Crippen LogP contribution in [0.2, 0.25) is 0 Å². The van der Waals surface area contributed by atoms with E-state index in [2.05, 4.69) is 35.4 Å². The van der Waals surface area contributed by atoms with Crippen LogP contribution in [0.5, 0.6) is 5.75 Å². The van der Waals surface area contributed by atoms with E-state index in [0.717, 1.165) is 25.1 Å². The lowest BCUT2D eigenvalue weighted by molar-refractivity contribution is 0.0608. The van der Waals surface area contributed by atoms with Gasteiger partial charge in [0.1, 0.15) is 0 Å². The molecule has 252 valence electrons. The molecular formula is C38H61N3O4. The minimum absolute atomic E-state index is 0.0633. The predicted molar refractivity (Wildman–Crippen MR) is 185 cm³/mol. The molecule has 0 N–H and O–H groups in total. The van der Waals surface area contributed by atoms with Crippen LogP contribution < -0.4 is 10.2 Å². The molecule has 0 radical (unpaired) electrons. The first-order chi connectivity index (χ1) is 22.0. The Hall–Kier alpha value is -2.80.